The highest BCUT2D eigenvalue weighted by Gasteiger charge is 2.88. The largest absolute Gasteiger partial charge is 0.0693 e. The van der Waals surface area contributed by atoms with Gasteiger partial charge in [-0.15, -0.1) is 0 Å². The lowest BCUT2D eigenvalue weighted by molar-refractivity contribution is 0.233. The number of fused-ring (bicyclic) bond motifs is 1. The molecule has 3 rings (SSSR count). The minimum absolute atomic E-state index is 0.843. The molecule has 1 heteroatoms. The van der Waals surface area contributed by atoms with E-state index in [1.54, 1.807) is 19.3 Å². The molecule has 3 aliphatic carbocycles. The van der Waals surface area contributed by atoms with Crippen molar-refractivity contribution in [2.75, 3.05) is 0 Å². The number of rotatable bonds is 1. The normalized spacial score (nSPS) is 58.2. The van der Waals surface area contributed by atoms with Crippen molar-refractivity contribution in [1.29, 1.82) is 0 Å². The Bertz CT molecular complexity index is 265. The minimum Gasteiger partial charge on any atom is -0.0693 e. The zero-order valence-electron chi connectivity index (χ0n) is 9.48. The highest BCUT2D eigenvalue weighted by atomic mass is 28.3. The summed E-state index contributed by atoms with van der Waals surface area (Å²) in [6.07, 6.45) is 6.27. The van der Waals surface area contributed by atoms with Crippen LogP contribution in [0.4, 0.5) is 0 Å². The van der Waals surface area contributed by atoms with Crippen molar-refractivity contribution in [3.05, 3.63) is 0 Å². The van der Waals surface area contributed by atoms with E-state index >= 15 is 0 Å². The van der Waals surface area contributed by atoms with Gasteiger partial charge in [-0.2, -0.15) is 0 Å². The molecule has 3 unspecified atom stereocenters. The molecule has 13 heavy (non-hydrogen) atoms. The van der Waals surface area contributed by atoms with Crippen molar-refractivity contribution in [3.8, 4) is 0 Å². The Morgan fingerprint density at radius 3 is 2.38 bits per heavy atom. The van der Waals surface area contributed by atoms with Crippen LogP contribution in [-0.4, -0.2) is 8.07 Å². The SMILES string of the molecule is CC12CCCC([Si](C)(C)C)C13C[C@H]23. The van der Waals surface area contributed by atoms with E-state index in [1.807, 2.05) is 0 Å². The predicted octanol–water partition coefficient (Wildman–Crippen LogP) is 3.90. The van der Waals surface area contributed by atoms with Crippen molar-refractivity contribution >= 4 is 8.07 Å². The third-order valence-electron chi connectivity index (χ3n) is 5.61. The van der Waals surface area contributed by atoms with Crippen LogP contribution in [-0.2, 0) is 0 Å². The van der Waals surface area contributed by atoms with Crippen LogP contribution in [0.25, 0.3) is 0 Å². The summed E-state index contributed by atoms with van der Waals surface area (Å²) in [5.41, 5.74) is 2.93. The molecule has 0 saturated heterocycles. The second kappa shape index (κ2) is 1.93. The first-order valence-corrected chi connectivity index (χ1v) is 9.51. The van der Waals surface area contributed by atoms with Crippen LogP contribution in [0, 0.1) is 16.7 Å². The summed E-state index contributed by atoms with van der Waals surface area (Å²) in [7, 11) is -0.855. The van der Waals surface area contributed by atoms with E-state index in [2.05, 4.69) is 26.6 Å². The van der Waals surface area contributed by atoms with Gasteiger partial charge in [-0.1, -0.05) is 39.4 Å². The third kappa shape index (κ3) is 0.751. The van der Waals surface area contributed by atoms with Crippen LogP contribution in [0.5, 0.6) is 0 Å². The highest BCUT2D eigenvalue weighted by molar-refractivity contribution is 6.77. The van der Waals surface area contributed by atoms with Crippen LogP contribution < -0.4 is 0 Å². The first kappa shape index (κ1) is 8.52. The lowest BCUT2D eigenvalue weighted by Gasteiger charge is -2.41. The van der Waals surface area contributed by atoms with Crippen LogP contribution >= 0.6 is 0 Å². The molecule has 0 amide bonds. The van der Waals surface area contributed by atoms with Crippen molar-refractivity contribution in [1.82, 2.24) is 0 Å². The standard InChI is InChI=1S/C12H22Si/c1-11-7-5-6-10(13(2,3)4)12(11)8-9(11)12/h9-10H,5-8H2,1-4H3/t9-,10?,11?,12?/m1/s1. The second-order valence-corrected chi connectivity index (χ2v) is 12.5. The third-order valence-corrected chi connectivity index (χ3v) is 8.50. The molecular formula is C12H22Si. The summed E-state index contributed by atoms with van der Waals surface area (Å²) in [4.78, 5) is 0. The van der Waals surface area contributed by atoms with Gasteiger partial charge in [0.2, 0.25) is 0 Å². The molecule has 0 heterocycles. The van der Waals surface area contributed by atoms with E-state index in [0.29, 0.717) is 0 Å². The summed E-state index contributed by atoms with van der Waals surface area (Å²) < 4.78 is 0. The molecule has 3 fully saturated rings. The Morgan fingerprint density at radius 2 is 1.92 bits per heavy atom. The van der Waals surface area contributed by atoms with Gasteiger partial charge in [0.15, 0.2) is 0 Å². The van der Waals surface area contributed by atoms with Crippen molar-refractivity contribution in [3.63, 3.8) is 0 Å². The number of hydrogen-bond donors (Lipinski definition) is 0. The van der Waals surface area contributed by atoms with Gasteiger partial charge in [0.1, 0.15) is 0 Å². The van der Waals surface area contributed by atoms with E-state index in [-0.39, 0.29) is 0 Å². The Balaban J connectivity index is 1.91. The molecule has 74 valence electrons. The fourth-order valence-corrected chi connectivity index (χ4v) is 8.09. The first-order chi connectivity index (χ1) is 5.93. The van der Waals surface area contributed by atoms with Gasteiger partial charge < -0.3 is 0 Å². The van der Waals surface area contributed by atoms with E-state index < -0.39 is 8.07 Å². The van der Waals surface area contributed by atoms with Crippen molar-refractivity contribution < 1.29 is 0 Å². The van der Waals surface area contributed by atoms with Crippen LogP contribution in [0.2, 0.25) is 25.2 Å². The minimum atomic E-state index is -0.855. The van der Waals surface area contributed by atoms with Gasteiger partial charge in [0.25, 0.3) is 0 Å². The predicted molar refractivity (Wildman–Crippen MR) is 59.6 cm³/mol. The van der Waals surface area contributed by atoms with Crippen LogP contribution in [0.1, 0.15) is 32.6 Å². The van der Waals surface area contributed by atoms with Crippen LogP contribution in [0.3, 0.4) is 0 Å². The maximum absolute atomic E-state index is 2.59. The Kier molecular flexibility index (Phi) is 1.27. The molecule has 0 aromatic carbocycles. The number of hydrogen-bond acceptors (Lipinski definition) is 0. The van der Waals surface area contributed by atoms with Gasteiger partial charge in [0, 0.05) is 8.07 Å². The summed E-state index contributed by atoms with van der Waals surface area (Å²) >= 11 is 0. The maximum atomic E-state index is 2.59. The Morgan fingerprint density at radius 1 is 1.23 bits per heavy atom. The van der Waals surface area contributed by atoms with E-state index in [9.17, 15) is 0 Å². The van der Waals surface area contributed by atoms with Gasteiger partial charge >= 0.3 is 0 Å². The van der Waals surface area contributed by atoms with Crippen LogP contribution in [0.15, 0.2) is 0 Å². The molecule has 0 radical (unpaired) electrons. The van der Waals surface area contributed by atoms with E-state index in [0.717, 1.165) is 10.8 Å². The average molecular weight is 194 g/mol. The molecular weight excluding hydrogens is 172 g/mol. The summed E-state index contributed by atoms with van der Waals surface area (Å²) in [5, 5.41) is 0. The monoisotopic (exact) mass is 194 g/mol. The Hall–Kier alpha value is 0.217. The molecule has 0 N–H and O–H groups in total. The van der Waals surface area contributed by atoms with E-state index in [4.69, 9.17) is 0 Å². The molecule has 0 aliphatic heterocycles. The molecule has 4 atom stereocenters. The Labute approximate surface area is 83.1 Å². The quantitative estimate of drug-likeness (QED) is 0.555. The molecule has 0 aromatic heterocycles. The van der Waals surface area contributed by atoms with Crippen molar-refractivity contribution in [2.24, 2.45) is 16.7 Å². The summed E-state index contributed by atoms with van der Waals surface area (Å²) in [6, 6.07) is 0. The van der Waals surface area contributed by atoms with Crippen molar-refractivity contribution in [2.45, 2.75) is 57.8 Å². The molecule has 3 aliphatic rings. The average Bonchev–Trinajstić information content (AvgIpc) is 2.80. The lowest BCUT2D eigenvalue weighted by atomic mass is 9.77. The fourth-order valence-electron chi connectivity index (χ4n) is 4.83. The first-order valence-electron chi connectivity index (χ1n) is 5.93. The molecule has 3 saturated carbocycles. The fraction of sp³-hybridized carbons (Fsp3) is 1.00. The topological polar surface area (TPSA) is 0 Å². The van der Waals surface area contributed by atoms with Gasteiger partial charge in [-0.3, -0.25) is 0 Å². The molecule has 0 aromatic rings. The van der Waals surface area contributed by atoms with Gasteiger partial charge in [0.05, 0.1) is 0 Å². The second-order valence-electron chi connectivity index (χ2n) is 7.03. The van der Waals surface area contributed by atoms with E-state index in [1.165, 1.54) is 17.9 Å². The zero-order chi connectivity index (χ0) is 9.48. The summed E-state index contributed by atoms with van der Waals surface area (Å²) in [6.45, 7) is 10.3. The zero-order valence-corrected chi connectivity index (χ0v) is 10.5. The maximum Gasteiger partial charge on any atom is 0.0479 e. The van der Waals surface area contributed by atoms with Gasteiger partial charge in [-0.25, -0.2) is 0 Å². The summed E-state index contributed by atoms with van der Waals surface area (Å²) in [5.74, 6) is 1.18. The smallest absolute Gasteiger partial charge is 0.0479 e. The lowest BCUT2D eigenvalue weighted by Crippen LogP contribution is -2.37. The highest BCUT2D eigenvalue weighted by Crippen LogP contribution is 2.96. The van der Waals surface area contributed by atoms with Gasteiger partial charge in [-0.05, 0) is 35.1 Å². The molecule has 0 nitrogen and oxygen atoms in total. The molecule has 0 bridgehead atoms. The molecule has 1 spiro atoms.